The van der Waals surface area contributed by atoms with Gasteiger partial charge in [-0.3, -0.25) is 4.79 Å². The van der Waals surface area contributed by atoms with E-state index in [2.05, 4.69) is 43.0 Å². The maximum absolute atomic E-state index is 13.3. The van der Waals surface area contributed by atoms with Gasteiger partial charge in [0.1, 0.15) is 27.9 Å². The number of rotatable bonds is 7. The summed E-state index contributed by atoms with van der Waals surface area (Å²) in [7, 11) is 2.94. The Morgan fingerprint density at radius 3 is 2.38 bits per heavy atom. The van der Waals surface area contributed by atoms with Gasteiger partial charge in [-0.2, -0.15) is 0 Å². The second kappa shape index (κ2) is 11.0. The molecular weight excluding hydrogens is 535 g/mol. The van der Waals surface area contributed by atoms with Crippen LogP contribution in [0.3, 0.4) is 0 Å². The Balaban J connectivity index is 1.39. The lowest BCUT2D eigenvalue weighted by Gasteiger charge is -2.29. The van der Waals surface area contributed by atoms with Gasteiger partial charge in [-0.25, -0.2) is 9.97 Å². The van der Waals surface area contributed by atoms with Crippen LogP contribution in [0.25, 0.3) is 10.2 Å². The third-order valence-corrected chi connectivity index (χ3v) is 7.75. The molecular formula is C25H24Cl2N6O3S. The first-order valence-corrected chi connectivity index (χ1v) is 13.1. The summed E-state index contributed by atoms with van der Waals surface area (Å²) in [5.74, 6) is 0.842. The normalized spacial score (nSPS) is 13.5. The number of fused-ring (bicyclic) bond motifs is 1. The Morgan fingerprint density at radius 1 is 1.05 bits per heavy atom. The summed E-state index contributed by atoms with van der Waals surface area (Å²) in [5.41, 5.74) is 3.15. The van der Waals surface area contributed by atoms with E-state index >= 15 is 0 Å². The topological polar surface area (TPSA) is 101 Å². The Hall–Kier alpha value is -3.31. The number of nitrogens with one attached hydrogen (secondary N) is 3. The fourth-order valence-corrected chi connectivity index (χ4v) is 5.63. The number of carbonyl (C=O) groups is 1. The van der Waals surface area contributed by atoms with Crippen LogP contribution in [0.5, 0.6) is 11.5 Å². The van der Waals surface area contributed by atoms with Gasteiger partial charge in [0, 0.05) is 49.0 Å². The number of thiophene rings is 1. The van der Waals surface area contributed by atoms with Crippen LogP contribution in [-0.4, -0.2) is 56.3 Å². The van der Waals surface area contributed by atoms with Gasteiger partial charge in [0.2, 0.25) is 0 Å². The zero-order valence-corrected chi connectivity index (χ0v) is 22.4. The Kier molecular flexibility index (Phi) is 7.52. The number of aromatic nitrogens is 2. The number of amides is 1. The number of benzene rings is 2. The summed E-state index contributed by atoms with van der Waals surface area (Å²) < 4.78 is 11.3. The minimum atomic E-state index is -0.421. The van der Waals surface area contributed by atoms with Crippen molar-refractivity contribution in [2.75, 3.05) is 55.9 Å². The Labute approximate surface area is 227 Å². The molecule has 2 aromatic heterocycles. The molecule has 5 rings (SSSR count). The molecule has 3 N–H and O–H groups in total. The van der Waals surface area contributed by atoms with Crippen LogP contribution in [0.2, 0.25) is 10.0 Å². The smallest absolute Gasteiger partial charge is 0.258 e. The fourth-order valence-electron chi connectivity index (χ4n) is 4.09. The van der Waals surface area contributed by atoms with Crippen molar-refractivity contribution in [3.63, 3.8) is 0 Å². The summed E-state index contributed by atoms with van der Waals surface area (Å²) in [4.78, 5) is 24.4. The molecule has 1 aliphatic heterocycles. The van der Waals surface area contributed by atoms with Gasteiger partial charge in [0.05, 0.1) is 35.7 Å². The van der Waals surface area contributed by atoms with Crippen molar-refractivity contribution < 1.29 is 14.3 Å². The molecule has 1 saturated heterocycles. The van der Waals surface area contributed by atoms with Crippen LogP contribution >= 0.6 is 34.5 Å². The van der Waals surface area contributed by atoms with E-state index in [1.807, 2.05) is 12.1 Å². The molecule has 0 spiro atoms. The van der Waals surface area contributed by atoms with Crippen molar-refractivity contribution in [1.29, 1.82) is 0 Å². The van der Waals surface area contributed by atoms with Gasteiger partial charge in [-0.15, -0.1) is 11.3 Å². The SMILES string of the molecule is COc1cc(OC)c(Cl)c(NC(=O)c2csc3c(Nc4ccc(N5CCNCC5)cc4)ncnc23)c1Cl. The highest BCUT2D eigenvalue weighted by Gasteiger charge is 2.22. The summed E-state index contributed by atoms with van der Waals surface area (Å²) in [5, 5.41) is 11.6. The summed E-state index contributed by atoms with van der Waals surface area (Å²) in [6.45, 7) is 3.94. The van der Waals surface area contributed by atoms with Crippen molar-refractivity contribution in [3.05, 3.63) is 57.6 Å². The van der Waals surface area contributed by atoms with E-state index in [1.54, 1.807) is 11.4 Å². The van der Waals surface area contributed by atoms with Crippen LogP contribution < -0.4 is 30.3 Å². The maximum atomic E-state index is 13.3. The molecule has 0 unspecified atom stereocenters. The zero-order valence-electron chi connectivity index (χ0n) is 20.1. The van der Waals surface area contributed by atoms with Gasteiger partial charge >= 0.3 is 0 Å². The molecule has 1 fully saturated rings. The van der Waals surface area contributed by atoms with Crippen LogP contribution in [-0.2, 0) is 0 Å². The van der Waals surface area contributed by atoms with Gasteiger partial charge < -0.3 is 30.3 Å². The molecule has 12 heteroatoms. The molecule has 2 aromatic carbocycles. The van der Waals surface area contributed by atoms with Gasteiger partial charge in [-0.1, -0.05) is 23.2 Å². The molecule has 1 aliphatic rings. The minimum Gasteiger partial charge on any atom is -0.495 e. The average Bonchev–Trinajstić information content (AvgIpc) is 3.37. The molecule has 4 aromatic rings. The molecule has 0 bridgehead atoms. The second-order valence-electron chi connectivity index (χ2n) is 8.20. The molecule has 0 atom stereocenters. The van der Waals surface area contributed by atoms with Crippen LogP contribution in [0.15, 0.2) is 42.0 Å². The van der Waals surface area contributed by atoms with E-state index in [-0.39, 0.29) is 15.7 Å². The van der Waals surface area contributed by atoms with Gasteiger partial charge in [-0.05, 0) is 24.3 Å². The first-order valence-electron chi connectivity index (χ1n) is 11.5. The highest BCUT2D eigenvalue weighted by atomic mass is 35.5. The lowest BCUT2D eigenvalue weighted by atomic mass is 10.2. The number of piperazine rings is 1. The summed E-state index contributed by atoms with van der Waals surface area (Å²) in [6, 6.07) is 9.78. The number of nitrogens with zero attached hydrogens (tertiary/aromatic N) is 3. The molecule has 0 saturated carbocycles. The van der Waals surface area contributed by atoms with Gasteiger partial charge in [0.15, 0.2) is 5.82 Å². The van der Waals surface area contributed by atoms with Crippen LogP contribution in [0, 0.1) is 0 Å². The van der Waals surface area contributed by atoms with Crippen molar-refractivity contribution in [2.45, 2.75) is 0 Å². The lowest BCUT2D eigenvalue weighted by Crippen LogP contribution is -2.43. The van der Waals surface area contributed by atoms with Crippen molar-refractivity contribution in [3.8, 4) is 11.5 Å². The van der Waals surface area contributed by atoms with Crippen molar-refractivity contribution >= 4 is 73.5 Å². The highest BCUT2D eigenvalue weighted by Crippen LogP contribution is 2.44. The molecule has 1 amide bonds. The van der Waals surface area contributed by atoms with E-state index in [1.165, 1.54) is 37.6 Å². The van der Waals surface area contributed by atoms with Crippen LogP contribution in [0.1, 0.15) is 10.4 Å². The predicted molar refractivity (Wildman–Crippen MR) is 150 cm³/mol. The van der Waals surface area contributed by atoms with Crippen molar-refractivity contribution in [2.24, 2.45) is 0 Å². The highest BCUT2D eigenvalue weighted by molar-refractivity contribution is 7.18. The average molecular weight is 559 g/mol. The van der Waals surface area contributed by atoms with E-state index < -0.39 is 5.91 Å². The maximum Gasteiger partial charge on any atom is 0.258 e. The quantitative estimate of drug-likeness (QED) is 0.276. The van der Waals surface area contributed by atoms with E-state index in [9.17, 15) is 4.79 Å². The number of anilines is 4. The summed E-state index contributed by atoms with van der Waals surface area (Å²) >= 11 is 14.2. The molecule has 192 valence electrons. The number of hydrogen-bond donors (Lipinski definition) is 3. The molecule has 0 radical (unpaired) electrons. The minimum absolute atomic E-state index is 0.169. The van der Waals surface area contributed by atoms with E-state index in [4.69, 9.17) is 32.7 Å². The standard InChI is InChI=1S/C25H24Cl2N6O3S/c1-35-17-11-18(36-2)20(27)22(19(17)26)32-25(34)16-12-37-23-21(16)29-13-30-24(23)31-14-3-5-15(6-4-14)33-9-7-28-8-10-33/h3-6,11-13,28H,7-10H2,1-2H3,(H,32,34)(H,29,30,31). The van der Waals surface area contributed by atoms with E-state index in [0.717, 1.165) is 36.6 Å². The number of methoxy groups -OCH3 is 2. The monoisotopic (exact) mass is 558 g/mol. The van der Waals surface area contributed by atoms with Gasteiger partial charge in [0.25, 0.3) is 5.91 Å². The van der Waals surface area contributed by atoms with Crippen molar-refractivity contribution in [1.82, 2.24) is 15.3 Å². The first-order chi connectivity index (χ1) is 18.0. The number of carbonyl (C=O) groups excluding carboxylic acids is 1. The Morgan fingerprint density at radius 2 is 1.73 bits per heavy atom. The Bertz CT molecular complexity index is 1410. The number of ether oxygens (including phenoxy) is 2. The predicted octanol–water partition coefficient (Wildman–Crippen LogP) is 5.42. The number of hydrogen-bond acceptors (Lipinski definition) is 9. The molecule has 9 nitrogen and oxygen atoms in total. The second-order valence-corrected chi connectivity index (χ2v) is 9.83. The third-order valence-electron chi connectivity index (χ3n) is 6.02. The molecule has 3 heterocycles. The lowest BCUT2D eigenvalue weighted by molar-refractivity contribution is 0.102. The summed E-state index contributed by atoms with van der Waals surface area (Å²) in [6.07, 6.45) is 1.43. The first kappa shape index (κ1) is 25.3. The van der Waals surface area contributed by atoms with Crippen LogP contribution in [0.4, 0.5) is 22.9 Å². The molecule has 0 aliphatic carbocycles. The molecule has 37 heavy (non-hydrogen) atoms. The third kappa shape index (κ3) is 5.10. The fraction of sp³-hybridized carbons (Fsp3) is 0.240. The van der Waals surface area contributed by atoms with E-state index in [0.29, 0.717) is 28.4 Å². The zero-order chi connectivity index (χ0) is 25.9. The largest absolute Gasteiger partial charge is 0.495 e. The number of halogens is 2.